The van der Waals surface area contributed by atoms with Crippen molar-refractivity contribution in [2.45, 2.75) is 6.92 Å². The van der Waals surface area contributed by atoms with Gasteiger partial charge in [-0.3, -0.25) is 4.79 Å². The molecule has 2 aromatic carbocycles. The van der Waals surface area contributed by atoms with Crippen molar-refractivity contribution in [3.63, 3.8) is 0 Å². The Morgan fingerprint density at radius 1 is 0.938 bits per heavy atom. The fourth-order valence-electron chi connectivity index (χ4n) is 3.72. The largest absolute Gasteiger partial charge is 0.497 e. The van der Waals surface area contributed by atoms with E-state index >= 15 is 0 Å². The zero-order valence-corrected chi connectivity index (χ0v) is 19.1. The number of amides is 1. The molecule has 32 heavy (non-hydrogen) atoms. The first-order valence-corrected chi connectivity index (χ1v) is 11.4. The van der Waals surface area contributed by atoms with Gasteiger partial charge in [-0.15, -0.1) is 11.3 Å². The molecule has 1 aromatic heterocycles. The monoisotopic (exact) mass is 450 g/mol. The number of thiophene rings is 1. The highest BCUT2D eigenvalue weighted by Crippen LogP contribution is 2.29. The van der Waals surface area contributed by atoms with Crippen molar-refractivity contribution >= 4 is 28.9 Å². The number of carbonyl (C=O) groups excluding carboxylic acids is 2. The van der Waals surface area contributed by atoms with Gasteiger partial charge in [0, 0.05) is 37.4 Å². The van der Waals surface area contributed by atoms with Crippen molar-refractivity contribution in [2.75, 3.05) is 44.8 Å². The van der Waals surface area contributed by atoms with Gasteiger partial charge in [-0.1, -0.05) is 29.8 Å². The van der Waals surface area contributed by atoms with Crippen LogP contribution in [0.5, 0.6) is 5.75 Å². The topological polar surface area (TPSA) is 59.1 Å². The van der Waals surface area contributed by atoms with Crippen LogP contribution in [0.25, 0.3) is 11.1 Å². The molecule has 4 rings (SSSR count). The molecule has 1 fully saturated rings. The number of anilines is 1. The Morgan fingerprint density at radius 2 is 1.62 bits per heavy atom. The molecule has 1 aliphatic heterocycles. The minimum atomic E-state index is -0.458. The summed E-state index contributed by atoms with van der Waals surface area (Å²) in [6.45, 7) is 4.43. The summed E-state index contributed by atoms with van der Waals surface area (Å²) < 4.78 is 10.6. The highest BCUT2D eigenvalue weighted by atomic mass is 32.1. The van der Waals surface area contributed by atoms with E-state index < -0.39 is 5.97 Å². The predicted octanol–water partition coefficient (Wildman–Crippen LogP) is 4.24. The Morgan fingerprint density at radius 3 is 2.28 bits per heavy atom. The van der Waals surface area contributed by atoms with Gasteiger partial charge in [-0.25, -0.2) is 4.79 Å². The number of methoxy groups -OCH3 is 1. The second kappa shape index (κ2) is 9.87. The first kappa shape index (κ1) is 21.9. The fraction of sp³-hybridized carbons (Fsp3) is 0.280. The molecule has 6 nitrogen and oxygen atoms in total. The van der Waals surface area contributed by atoms with Crippen LogP contribution in [0.3, 0.4) is 0 Å². The van der Waals surface area contributed by atoms with Gasteiger partial charge < -0.3 is 19.3 Å². The third-order valence-corrected chi connectivity index (χ3v) is 6.50. The number of hydrogen-bond donors (Lipinski definition) is 0. The summed E-state index contributed by atoms with van der Waals surface area (Å²) in [5, 5.41) is 1.87. The molecule has 0 N–H and O–H groups in total. The van der Waals surface area contributed by atoms with Crippen molar-refractivity contribution in [1.82, 2.24) is 4.90 Å². The normalized spacial score (nSPS) is 13.7. The maximum Gasteiger partial charge on any atom is 0.349 e. The highest BCUT2D eigenvalue weighted by molar-refractivity contribution is 7.12. The first-order valence-electron chi connectivity index (χ1n) is 10.5. The summed E-state index contributed by atoms with van der Waals surface area (Å²) in [4.78, 5) is 29.8. The van der Waals surface area contributed by atoms with Crippen molar-refractivity contribution in [3.8, 4) is 16.9 Å². The Balaban J connectivity index is 1.29. The summed E-state index contributed by atoms with van der Waals surface area (Å²) in [7, 11) is 1.65. The number of rotatable bonds is 6. The second-order valence-electron chi connectivity index (χ2n) is 7.67. The van der Waals surface area contributed by atoms with E-state index in [1.54, 1.807) is 12.0 Å². The predicted molar refractivity (Wildman–Crippen MR) is 127 cm³/mol. The van der Waals surface area contributed by atoms with Gasteiger partial charge >= 0.3 is 5.97 Å². The van der Waals surface area contributed by atoms with Gasteiger partial charge in [-0.2, -0.15) is 0 Å². The second-order valence-corrected chi connectivity index (χ2v) is 8.59. The van der Waals surface area contributed by atoms with E-state index in [9.17, 15) is 9.59 Å². The van der Waals surface area contributed by atoms with Crippen LogP contribution in [0.2, 0.25) is 0 Å². The molecular formula is C25H26N2O4S. The summed E-state index contributed by atoms with van der Waals surface area (Å²) in [5.41, 5.74) is 4.06. The summed E-state index contributed by atoms with van der Waals surface area (Å²) in [6, 6.07) is 17.8. The van der Waals surface area contributed by atoms with Crippen molar-refractivity contribution in [1.29, 1.82) is 0 Å². The van der Waals surface area contributed by atoms with Gasteiger partial charge in [-0.05, 0) is 48.2 Å². The third kappa shape index (κ3) is 4.94. The van der Waals surface area contributed by atoms with E-state index in [1.807, 2.05) is 66.9 Å². The Bertz CT molecular complexity index is 1070. The molecule has 0 saturated carbocycles. The molecule has 166 valence electrons. The molecule has 1 saturated heterocycles. The number of carbonyl (C=O) groups is 2. The lowest BCUT2D eigenvalue weighted by molar-refractivity contribution is -0.134. The number of benzene rings is 2. The summed E-state index contributed by atoms with van der Waals surface area (Å²) >= 11 is 1.33. The molecule has 0 spiro atoms. The Hall–Kier alpha value is -3.32. The van der Waals surface area contributed by atoms with Crippen LogP contribution < -0.4 is 9.64 Å². The van der Waals surface area contributed by atoms with Crippen LogP contribution in [0.4, 0.5) is 5.69 Å². The van der Waals surface area contributed by atoms with Crippen molar-refractivity contribution in [3.05, 3.63) is 70.4 Å². The van der Waals surface area contributed by atoms with E-state index in [0.29, 0.717) is 18.0 Å². The molecule has 0 radical (unpaired) electrons. The van der Waals surface area contributed by atoms with Crippen molar-refractivity contribution in [2.24, 2.45) is 0 Å². The van der Waals surface area contributed by atoms with E-state index in [2.05, 4.69) is 4.90 Å². The molecule has 0 unspecified atom stereocenters. The number of ether oxygens (including phenoxy) is 2. The van der Waals surface area contributed by atoms with Gasteiger partial charge in [0.1, 0.15) is 10.6 Å². The van der Waals surface area contributed by atoms with E-state index in [-0.39, 0.29) is 12.5 Å². The Labute approximate surface area is 192 Å². The van der Waals surface area contributed by atoms with E-state index in [1.165, 1.54) is 11.3 Å². The molecule has 1 amide bonds. The number of nitrogens with zero attached hydrogens (tertiary/aromatic N) is 2. The molecular weight excluding hydrogens is 424 g/mol. The summed E-state index contributed by atoms with van der Waals surface area (Å²) in [6.07, 6.45) is 0. The van der Waals surface area contributed by atoms with Gasteiger partial charge in [0.05, 0.1) is 7.11 Å². The quantitative estimate of drug-likeness (QED) is 0.526. The van der Waals surface area contributed by atoms with Crippen LogP contribution >= 0.6 is 11.3 Å². The molecule has 1 aliphatic rings. The molecule has 2 heterocycles. The lowest BCUT2D eigenvalue weighted by Gasteiger charge is -2.36. The zero-order valence-electron chi connectivity index (χ0n) is 18.2. The first-order chi connectivity index (χ1) is 15.5. The third-order valence-electron chi connectivity index (χ3n) is 5.61. The number of esters is 1. The van der Waals surface area contributed by atoms with E-state index in [0.717, 1.165) is 41.2 Å². The van der Waals surface area contributed by atoms with Crippen LogP contribution in [0.15, 0.2) is 60.0 Å². The molecule has 7 heteroatoms. The maximum atomic E-state index is 12.6. The van der Waals surface area contributed by atoms with E-state index in [4.69, 9.17) is 9.47 Å². The smallest absolute Gasteiger partial charge is 0.349 e. The zero-order chi connectivity index (χ0) is 22.5. The van der Waals surface area contributed by atoms with Crippen LogP contribution in [0, 0.1) is 6.92 Å². The standard InChI is InChI=1S/C25H26N2O4S/c1-18-3-5-19(6-4-18)22-11-16-32-24(22)25(29)31-17-23(28)27-14-12-26(13-15-27)20-7-9-21(30-2)10-8-20/h3-11,16H,12-15,17H2,1-2H3. The lowest BCUT2D eigenvalue weighted by atomic mass is 10.1. The SMILES string of the molecule is COc1ccc(N2CCN(C(=O)COC(=O)c3sccc3-c3ccc(C)cc3)CC2)cc1. The van der Waals surface area contributed by atoms with Crippen LogP contribution in [-0.2, 0) is 9.53 Å². The molecule has 0 aliphatic carbocycles. The molecule has 3 aromatic rings. The molecule has 0 atom stereocenters. The van der Waals surface area contributed by atoms with Crippen molar-refractivity contribution < 1.29 is 19.1 Å². The summed E-state index contributed by atoms with van der Waals surface area (Å²) in [5.74, 6) is 0.197. The minimum absolute atomic E-state index is 0.166. The minimum Gasteiger partial charge on any atom is -0.497 e. The lowest BCUT2D eigenvalue weighted by Crippen LogP contribution is -2.49. The number of piperazine rings is 1. The number of aryl methyl sites for hydroxylation is 1. The van der Waals surface area contributed by atoms with Gasteiger partial charge in [0.2, 0.25) is 0 Å². The average molecular weight is 451 g/mol. The van der Waals surface area contributed by atoms with Gasteiger partial charge in [0.15, 0.2) is 6.61 Å². The molecule has 0 bridgehead atoms. The Kier molecular flexibility index (Phi) is 6.75. The highest BCUT2D eigenvalue weighted by Gasteiger charge is 2.23. The van der Waals surface area contributed by atoms with Crippen LogP contribution in [0.1, 0.15) is 15.2 Å². The average Bonchev–Trinajstić information content (AvgIpc) is 3.33. The number of hydrogen-bond acceptors (Lipinski definition) is 6. The van der Waals surface area contributed by atoms with Crippen LogP contribution in [-0.4, -0.2) is 56.7 Å². The van der Waals surface area contributed by atoms with Gasteiger partial charge in [0.25, 0.3) is 5.91 Å². The fourth-order valence-corrected chi connectivity index (χ4v) is 4.53. The maximum absolute atomic E-state index is 12.6.